The first-order chi connectivity index (χ1) is 7.94. The molecule has 0 saturated heterocycles. The van der Waals surface area contributed by atoms with Crippen LogP contribution in [0.2, 0.25) is 0 Å². The molecule has 0 unspecified atom stereocenters. The minimum Gasteiger partial charge on any atom is -0.300 e. The van der Waals surface area contributed by atoms with Crippen molar-refractivity contribution in [1.29, 1.82) is 0 Å². The number of benzene rings is 1. The minimum atomic E-state index is -3.35. The topological polar surface area (TPSA) is 51.2 Å². The minimum absolute atomic E-state index is 0.0201. The number of Topliss-reactive ketones (excluding diaryl/α,β-unsaturated/α-hetero) is 1. The number of ketones is 1. The summed E-state index contributed by atoms with van der Waals surface area (Å²) in [6.45, 7) is 3.41. The molecule has 0 amide bonds. The van der Waals surface area contributed by atoms with Crippen molar-refractivity contribution in [1.82, 2.24) is 0 Å². The van der Waals surface area contributed by atoms with Crippen LogP contribution in [0.4, 0.5) is 0 Å². The summed E-state index contributed by atoms with van der Waals surface area (Å²) in [6.07, 6.45) is 0.585. The maximum atomic E-state index is 12.3. The second-order valence-electron chi connectivity index (χ2n) is 4.75. The highest BCUT2D eigenvalue weighted by Gasteiger charge is 2.48. The van der Waals surface area contributed by atoms with Crippen LogP contribution in [0, 0.1) is 11.8 Å². The second kappa shape index (κ2) is 4.26. The third-order valence-electron chi connectivity index (χ3n) is 3.56. The summed E-state index contributed by atoms with van der Waals surface area (Å²) < 4.78 is 24.6. The van der Waals surface area contributed by atoms with Crippen LogP contribution in [0.15, 0.2) is 35.2 Å². The summed E-state index contributed by atoms with van der Waals surface area (Å²) in [5, 5.41) is -0.530. The van der Waals surface area contributed by atoms with E-state index in [1.54, 1.807) is 30.3 Å². The van der Waals surface area contributed by atoms with Gasteiger partial charge in [-0.05, 0) is 31.4 Å². The molecule has 0 aromatic heterocycles. The van der Waals surface area contributed by atoms with Gasteiger partial charge >= 0.3 is 0 Å². The second-order valence-corrected chi connectivity index (χ2v) is 6.91. The van der Waals surface area contributed by atoms with Crippen LogP contribution in [-0.4, -0.2) is 19.5 Å². The number of carbonyl (C=O) groups excluding carboxylic acids is 1. The monoisotopic (exact) mass is 252 g/mol. The first-order valence-corrected chi connectivity index (χ1v) is 7.28. The van der Waals surface area contributed by atoms with Crippen molar-refractivity contribution in [2.75, 3.05) is 0 Å². The predicted molar refractivity (Wildman–Crippen MR) is 65.4 cm³/mol. The molecule has 1 aromatic rings. The molecule has 4 heteroatoms. The molecule has 1 saturated carbocycles. The molecule has 0 radical (unpaired) electrons. The van der Waals surface area contributed by atoms with Gasteiger partial charge in [0.15, 0.2) is 9.84 Å². The fourth-order valence-electron chi connectivity index (χ4n) is 2.60. The van der Waals surface area contributed by atoms with Gasteiger partial charge in [-0.3, -0.25) is 4.79 Å². The van der Waals surface area contributed by atoms with Gasteiger partial charge in [0.1, 0.15) is 5.78 Å². The van der Waals surface area contributed by atoms with E-state index in [9.17, 15) is 13.2 Å². The fraction of sp³-hybridized carbons (Fsp3) is 0.462. The van der Waals surface area contributed by atoms with Gasteiger partial charge in [-0.15, -0.1) is 0 Å². The number of sulfone groups is 1. The lowest BCUT2D eigenvalue weighted by atomic mass is 9.72. The number of hydrogen-bond acceptors (Lipinski definition) is 3. The van der Waals surface area contributed by atoms with Gasteiger partial charge in [-0.1, -0.05) is 25.1 Å². The molecular weight excluding hydrogens is 236 g/mol. The number of hydrogen-bond donors (Lipinski definition) is 0. The molecule has 1 aliphatic rings. The van der Waals surface area contributed by atoms with Gasteiger partial charge in [0, 0.05) is 5.92 Å². The fourth-order valence-corrected chi connectivity index (χ4v) is 4.89. The number of rotatable bonds is 3. The molecule has 0 N–H and O–H groups in total. The Hall–Kier alpha value is -1.16. The highest BCUT2D eigenvalue weighted by molar-refractivity contribution is 7.92. The van der Waals surface area contributed by atoms with Crippen molar-refractivity contribution < 1.29 is 13.2 Å². The summed E-state index contributed by atoms with van der Waals surface area (Å²) in [5.41, 5.74) is 0. The lowest BCUT2D eigenvalue weighted by molar-refractivity contribution is -0.125. The SMILES string of the molecule is CC(=O)[C@H]1[C@H](C)C[C@@H]1S(=O)(=O)c1ccccc1. The molecule has 0 bridgehead atoms. The van der Waals surface area contributed by atoms with Crippen molar-refractivity contribution in [3.05, 3.63) is 30.3 Å². The third kappa shape index (κ3) is 2.02. The molecule has 0 spiro atoms. The Bertz CT molecular complexity index is 519. The first-order valence-electron chi connectivity index (χ1n) is 5.74. The maximum Gasteiger partial charge on any atom is 0.181 e. The van der Waals surface area contributed by atoms with Crippen LogP contribution < -0.4 is 0 Å². The Kier molecular flexibility index (Phi) is 3.08. The van der Waals surface area contributed by atoms with Crippen molar-refractivity contribution in [3.8, 4) is 0 Å². The zero-order valence-corrected chi connectivity index (χ0v) is 10.8. The number of carbonyl (C=O) groups is 1. The molecule has 17 heavy (non-hydrogen) atoms. The van der Waals surface area contributed by atoms with Gasteiger partial charge in [0.25, 0.3) is 0 Å². The molecule has 3 nitrogen and oxygen atoms in total. The highest BCUT2D eigenvalue weighted by Crippen LogP contribution is 2.41. The molecule has 0 heterocycles. The van der Waals surface area contributed by atoms with Crippen LogP contribution in [-0.2, 0) is 14.6 Å². The zero-order valence-electron chi connectivity index (χ0n) is 9.96. The zero-order chi connectivity index (χ0) is 12.6. The van der Waals surface area contributed by atoms with Gasteiger partial charge in [0.05, 0.1) is 10.1 Å². The van der Waals surface area contributed by atoms with E-state index < -0.39 is 15.1 Å². The molecule has 0 aliphatic heterocycles. The quantitative estimate of drug-likeness (QED) is 0.827. The molecule has 1 aromatic carbocycles. The Morgan fingerprint density at radius 1 is 1.24 bits per heavy atom. The maximum absolute atomic E-state index is 12.3. The predicted octanol–water partition coefficient (Wildman–Crippen LogP) is 2.07. The van der Waals surface area contributed by atoms with Crippen molar-refractivity contribution >= 4 is 15.6 Å². The Morgan fingerprint density at radius 3 is 2.29 bits per heavy atom. The molecule has 92 valence electrons. The molecular formula is C13H16O3S. The standard InChI is InChI=1S/C13H16O3S/c1-9-8-12(13(9)10(2)14)17(15,16)11-6-4-3-5-7-11/h3-7,9,12-13H,8H2,1-2H3/t9-,12+,13-/m1/s1. The summed E-state index contributed by atoms with van der Waals surface area (Å²) in [5.74, 6) is -0.176. The van der Waals surface area contributed by atoms with Gasteiger partial charge in [-0.2, -0.15) is 0 Å². The lowest BCUT2D eigenvalue weighted by Gasteiger charge is -2.40. The largest absolute Gasteiger partial charge is 0.300 e. The summed E-state index contributed by atoms with van der Waals surface area (Å²) in [6, 6.07) is 8.38. The normalized spacial score (nSPS) is 28.5. The first kappa shape index (κ1) is 12.3. The molecule has 1 fully saturated rings. The Balaban J connectivity index is 2.33. The average Bonchev–Trinajstić information content (AvgIpc) is 2.26. The molecule has 3 atom stereocenters. The van der Waals surface area contributed by atoms with E-state index in [2.05, 4.69) is 0 Å². The van der Waals surface area contributed by atoms with Crippen LogP contribution >= 0.6 is 0 Å². The third-order valence-corrected chi connectivity index (χ3v) is 5.77. The summed E-state index contributed by atoms with van der Waals surface area (Å²) >= 11 is 0. The smallest absolute Gasteiger partial charge is 0.181 e. The van der Waals surface area contributed by atoms with Gasteiger partial charge in [-0.25, -0.2) is 8.42 Å². The van der Waals surface area contributed by atoms with E-state index in [-0.39, 0.29) is 17.6 Å². The van der Waals surface area contributed by atoms with E-state index >= 15 is 0 Å². The van der Waals surface area contributed by atoms with E-state index in [0.29, 0.717) is 11.3 Å². The Morgan fingerprint density at radius 2 is 1.82 bits per heavy atom. The summed E-state index contributed by atoms with van der Waals surface area (Å²) in [4.78, 5) is 11.8. The van der Waals surface area contributed by atoms with E-state index in [0.717, 1.165) is 0 Å². The van der Waals surface area contributed by atoms with Crippen molar-refractivity contribution in [3.63, 3.8) is 0 Å². The van der Waals surface area contributed by atoms with Crippen molar-refractivity contribution in [2.24, 2.45) is 11.8 Å². The van der Waals surface area contributed by atoms with E-state index in [4.69, 9.17) is 0 Å². The van der Waals surface area contributed by atoms with Crippen LogP contribution in [0.5, 0.6) is 0 Å². The molecule has 2 rings (SSSR count). The van der Waals surface area contributed by atoms with E-state index in [1.807, 2.05) is 6.92 Å². The molecule has 1 aliphatic carbocycles. The van der Waals surface area contributed by atoms with Gasteiger partial charge < -0.3 is 0 Å². The average molecular weight is 252 g/mol. The van der Waals surface area contributed by atoms with Gasteiger partial charge in [0.2, 0.25) is 0 Å². The Labute approximate surface area is 102 Å². The van der Waals surface area contributed by atoms with Crippen LogP contribution in [0.3, 0.4) is 0 Å². The van der Waals surface area contributed by atoms with Crippen molar-refractivity contribution in [2.45, 2.75) is 30.4 Å². The lowest BCUT2D eigenvalue weighted by Crippen LogP contribution is -2.48. The summed E-state index contributed by atoms with van der Waals surface area (Å²) in [7, 11) is -3.35. The highest BCUT2D eigenvalue weighted by atomic mass is 32.2. The van der Waals surface area contributed by atoms with E-state index in [1.165, 1.54) is 6.92 Å². The van der Waals surface area contributed by atoms with Crippen LogP contribution in [0.25, 0.3) is 0 Å². The van der Waals surface area contributed by atoms with Crippen LogP contribution in [0.1, 0.15) is 20.3 Å².